The highest BCUT2D eigenvalue weighted by Gasteiger charge is 2.23. The topological polar surface area (TPSA) is 43.2 Å². The SMILES string of the molecule is CN1CCC(CN(C)c2nc3c(cc2C#N)CCCC3)C1. The Bertz CT molecular complexity index is 561. The van der Waals surface area contributed by atoms with E-state index >= 15 is 0 Å². The van der Waals surface area contributed by atoms with E-state index in [0.717, 1.165) is 37.3 Å². The molecule has 1 unspecified atom stereocenters. The Morgan fingerprint density at radius 2 is 2.24 bits per heavy atom. The average molecular weight is 284 g/mol. The number of likely N-dealkylation sites (tertiary alicyclic amines) is 1. The quantitative estimate of drug-likeness (QED) is 0.853. The van der Waals surface area contributed by atoms with Crippen molar-refractivity contribution in [2.75, 3.05) is 38.6 Å². The van der Waals surface area contributed by atoms with Crippen molar-refractivity contribution in [1.29, 1.82) is 5.26 Å². The molecule has 0 saturated carbocycles. The van der Waals surface area contributed by atoms with Gasteiger partial charge >= 0.3 is 0 Å². The predicted molar refractivity (Wildman–Crippen MR) is 84.5 cm³/mol. The van der Waals surface area contributed by atoms with E-state index in [4.69, 9.17) is 4.98 Å². The van der Waals surface area contributed by atoms with Gasteiger partial charge in [0.2, 0.25) is 0 Å². The zero-order valence-electron chi connectivity index (χ0n) is 13.1. The van der Waals surface area contributed by atoms with Crippen LogP contribution in [0.15, 0.2) is 6.07 Å². The van der Waals surface area contributed by atoms with E-state index in [-0.39, 0.29) is 0 Å². The van der Waals surface area contributed by atoms with Crippen molar-refractivity contribution in [3.05, 3.63) is 22.9 Å². The summed E-state index contributed by atoms with van der Waals surface area (Å²) in [7, 11) is 4.26. The number of aromatic nitrogens is 1. The Morgan fingerprint density at radius 3 is 2.95 bits per heavy atom. The first-order valence-corrected chi connectivity index (χ1v) is 8.00. The molecular formula is C17H24N4. The summed E-state index contributed by atoms with van der Waals surface area (Å²) in [5, 5.41) is 9.45. The first-order valence-electron chi connectivity index (χ1n) is 8.00. The van der Waals surface area contributed by atoms with Gasteiger partial charge in [0, 0.05) is 25.8 Å². The fourth-order valence-electron chi connectivity index (χ4n) is 3.65. The van der Waals surface area contributed by atoms with Crippen molar-refractivity contribution in [2.24, 2.45) is 5.92 Å². The van der Waals surface area contributed by atoms with E-state index < -0.39 is 0 Å². The number of nitriles is 1. The van der Waals surface area contributed by atoms with Gasteiger partial charge in [-0.05, 0) is 63.2 Å². The van der Waals surface area contributed by atoms with Crippen LogP contribution in [0.1, 0.15) is 36.1 Å². The van der Waals surface area contributed by atoms with Crippen LogP contribution in [-0.2, 0) is 12.8 Å². The molecule has 1 aliphatic heterocycles. The zero-order chi connectivity index (χ0) is 14.8. The average Bonchev–Trinajstić information content (AvgIpc) is 2.90. The van der Waals surface area contributed by atoms with Crippen LogP contribution in [0.5, 0.6) is 0 Å². The molecule has 2 aliphatic rings. The number of aryl methyl sites for hydroxylation is 2. The molecule has 112 valence electrons. The van der Waals surface area contributed by atoms with Gasteiger partial charge in [-0.3, -0.25) is 0 Å². The summed E-state index contributed by atoms with van der Waals surface area (Å²) < 4.78 is 0. The van der Waals surface area contributed by atoms with Gasteiger partial charge in [-0.15, -0.1) is 0 Å². The van der Waals surface area contributed by atoms with Crippen molar-refractivity contribution in [1.82, 2.24) is 9.88 Å². The van der Waals surface area contributed by atoms with Gasteiger partial charge in [0.25, 0.3) is 0 Å². The third-order valence-electron chi connectivity index (χ3n) is 4.78. The molecule has 0 aromatic carbocycles. The van der Waals surface area contributed by atoms with Crippen LogP contribution < -0.4 is 4.90 Å². The summed E-state index contributed by atoms with van der Waals surface area (Å²) in [6.07, 6.45) is 5.84. The lowest BCUT2D eigenvalue weighted by Crippen LogP contribution is -2.29. The Kier molecular flexibility index (Phi) is 4.12. The number of hydrogen-bond donors (Lipinski definition) is 0. The van der Waals surface area contributed by atoms with Crippen molar-refractivity contribution in [3.63, 3.8) is 0 Å². The summed E-state index contributed by atoms with van der Waals surface area (Å²) >= 11 is 0. The summed E-state index contributed by atoms with van der Waals surface area (Å²) in [6, 6.07) is 4.42. The van der Waals surface area contributed by atoms with Gasteiger partial charge in [0.05, 0.1) is 5.56 Å². The summed E-state index contributed by atoms with van der Waals surface area (Å²) in [4.78, 5) is 9.41. The monoisotopic (exact) mass is 284 g/mol. The van der Waals surface area contributed by atoms with E-state index in [1.165, 1.54) is 37.1 Å². The molecule has 1 atom stereocenters. The number of pyridine rings is 1. The highest BCUT2D eigenvalue weighted by molar-refractivity contribution is 5.56. The number of rotatable bonds is 3. The van der Waals surface area contributed by atoms with Gasteiger partial charge in [0.15, 0.2) is 0 Å². The summed E-state index contributed by atoms with van der Waals surface area (Å²) in [5.74, 6) is 1.57. The maximum absolute atomic E-state index is 9.45. The molecule has 0 spiro atoms. The molecule has 1 aromatic heterocycles. The van der Waals surface area contributed by atoms with Crippen molar-refractivity contribution < 1.29 is 0 Å². The maximum Gasteiger partial charge on any atom is 0.146 e. The molecule has 0 bridgehead atoms. The molecule has 0 amide bonds. The van der Waals surface area contributed by atoms with Gasteiger partial charge < -0.3 is 9.80 Å². The van der Waals surface area contributed by atoms with E-state index in [2.05, 4.69) is 36.0 Å². The minimum absolute atomic E-state index is 0.685. The van der Waals surface area contributed by atoms with Crippen LogP contribution >= 0.6 is 0 Å². The Hall–Kier alpha value is -1.60. The largest absolute Gasteiger partial charge is 0.358 e. The minimum atomic E-state index is 0.685. The summed E-state index contributed by atoms with van der Waals surface area (Å²) in [5.41, 5.74) is 3.24. The standard InChI is InChI=1S/C17H24N4/c1-20-8-7-13(11-20)12-21(2)17-15(10-18)9-14-5-3-4-6-16(14)19-17/h9,13H,3-8,11-12H2,1-2H3. The minimum Gasteiger partial charge on any atom is -0.358 e. The fourth-order valence-corrected chi connectivity index (χ4v) is 3.65. The van der Waals surface area contributed by atoms with E-state index in [1.807, 2.05) is 0 Å². The van der Waals surface area contributed by atoms with Crippen LogP contribution in [0.3, 0.4) is 0 Å². The molecule has 0 radical (unpaired) electrons. The smallest absolute Gasteiger partial charge is 0.146 e. The molecule has 3 rings (SSSR count). The molecule has 0 N–H and O–H groups in total. The first kappa shape index (κ1) is 14.3. The second kappa shape index (κ2) is 6.03. The number of hydrogen-bond acceptors (Lipinski definition) is 4. The second-order valence-electron chi connectivity index (χ2n) is 6.58. The third kappa shape index (κ3) is 3.03. The molecule has 21 heavy (non-hydrogen) atoms. The van der Waals surface area contributed by atoms with E-state index in [1.54, 1.807) is 0 Å². The van der Waals surface area contributed by atoms with Crippen molar-refractivity contribution in [3.8, 4) is 6.07 Å². The zero-order valence-corrected chi connectivity index (χ0v) is 13.1. The first-order chi connectivity index (χ1) is 10.2. The highest BCUT2D eigenvalue weighted by Crippen LogP contribution is 2.27. The second-order valence-corrected chi connectivity index (χ2v) is 6.58. The van der Waals surface area contributed by atoms with Gasteiger partial charge in [-0.1, -0.05) is 0 Å². The molecule has 4 heteroatoms. The molecule has 1 saturated heterocycles. The molecule has 4 nitrogen and oxygen atoms in total. The highest BCUT2D eigenvalue weighted by atomic mass is 15.2. The number of anilines is 1. The molecule has 1 aliphatic carbocycles. The lowest BCUT2D eigenvalue weighted by Gasteiger charge is -2.25. The summed E-state index contributed by atoms with van der Waals surface area (Å²) in [6.45, 7) is 3.32. The third-order valence-corrected chi connectivity index (χ3v) is 4.78. The van der Waals surface area contributed by atoms with Crippen LogP contribution in [-0.4, -0.2) is 43.6 Å². The molecule has 1 fully saturated rings. The molecule has 1 aromatic rings. The number of nitrogens with zero attached hydrogens (tertiary/aromatic N) is 4. The van der Waals surface area contributed by atoms with E-state index in [0.29, 0.717) is 5.92 Å². The van der Waals surface area contributed by atoms with Gasteiger partial charge in [-0.25, -0.2) is 4.98 Å². The Balaban J connectivity index is 1.81. The normalized spacial score (nSPS) is 21.9. The van der Waals surface area contributed by atoms with Gasteiger partial charge in [0.1, 0.15) is 11.9 Å². The lowest BCUT2D eigenvalue weighted by molar-refractivity contribution is 0.395. The van der Waals surface area contributed by atoms with Crippen LogP contribution in [0.4, 0.5) is 5.82 Å². The predicted octanol–water partition coefficient (Wildman–Crippen LogP) is 2.22. The molecular weight excluding hydrogens is 260 g/mol. The molecule has 2 heterocycles. The number of fused-ring (bicyclic) bond motifs is 1. The van der Waals surface area contributed by atoms with Crippen LogP contribution in [0.25, 0.3) is 0 Å². The Morgan fingerprint density at radius 1 is 1.43 bits per heavy atom. The van der Waals surface area contributed by atoms with Gasteiger partial charge in [-0.2, -0.15) is 5.26 Å². The lowest BCUT2D eigenvalue weighted by atomic mass is 9.95. The van der Waals surface area contributed by atoms with Crippen molar-refractivity contribution in [2.45, 2.75) is 32.1 Å². The van der Waals surface area contributed by atoms with Crippen LogP contribution in [0, 0.1) is 17.2 Å². The van der Waals surface area contributed by atoms with E-state index in [9.17, 15) is 5.26 Å². The maximum atomic E-state index is 9.45. The fraction of sp³-hybridized carbons (Fsp3) is 0.647. The van der Waals surface area contributed by atoms with Crippen molar-refractivity contribution >= 4 is 5.82 Å². The van der Waals surface area contributed by atoms with Crippen LogP contribution in [0.2, 0.25) is 0 Å². The Labute approximate surface area is 127 Å².